The van der Waals surface area contributed by atoms with E-state index in [2.05, 4.69) is 25.9 Å². The van der Waals surface area contributed by atoms with Crippen molar-refractivity contribution in [2.24, 2.45) is 5.92 Å². The quantitative estimate of drug-likeness (QED) is 0.281. The van der Waals surface area contributed by atoms with Crippen LogP contribution in [0, 0.1) is 19.8 Å². The van der Waals surface area contributed by atoms with Gasteiger partial charge in [0.2, 0.25) is 5.91 Å². The second kappa shape index (κ2) is 12.5. The van der Waals surface area contributed by atoms with Crippen molar-refractivity contribution in [3.05, 3.63) is 68.9 Å². The van der Waals surface area contributed by atoms with Gasteiger partial charge in [0.25, 0.3) is 5.91 Å². The van der Waals surface area contributed by atoms with Crippen molar-refractivity contribution in [3.8, 4) is 0 Å². The van der Waals surface area contributed by atoms with Gasteiger partial charge in [-0.1, -0.05) is 43.7 Å². The van der Waals surface area contributed by atoms with Crippen LogP contribution in [0.1, 0.15) is 77.4 Å². The summed E-state index contributed by atoms with van der Waals surface area (Å²) in [5, 5.41) is 10.00. The number of hydrogen-bond donors (Lipinski definition) is 3. The number of halogens is 1. The predicted octanol–water partition coefficient (Wildman–Crippen LogP) is 6.69. The van der Waals surface area contributed by atoms with Crippen molar-refractivity contribution in [1.29, 1.82) is 0 Å². The van der Waals surface area contributed by atoms with Gasteiger partial charge < -0.3 is 16.0 Å². The summed E-state index contributed by atoms with van der Waals surface area (Å²) in [5.41, 5.74) is 3.22. The monoisotopic (exact) mass is 539 g/mol. The van der Waals surface area contributed by atoms with E-state index in [9.17, 15) is 9.59 Å². The van der Waals surface area contributed by atoms with Crippen molar-refractivity contribution in [2.45, 2.75) is 71.4 Å². The number of amides is 2. The number of aromatic nitrogens is 2. The molecule has 0 bridgehead atoms. The smallest absolute Gasteiger partial charge is 0.262 e. The van der Waals surface area contributed by atoms with Crippen LogP contribution in [0.15, 0.2) is 42.7 Å². The lowest BCUT2D eigenvalue weighted by Crippen LogP contribution is -2.45. The lowest BCUT2D eigenvalue weighted by Gasteiger charge is -2.26. The first kappa shape index (κ1) is 27.1. The average Bonchev–Trinajstić information content (AvgIpc) is 3.37. The van der Waals surface area contributed by atoms with Gasteiger partial charge in [0.15, 0.2) is 0 Å². The van der Waals surface area contributed by atoms with Crippen LogP contribution in [-0.2, 0) is 4.79 Å². The highest BCUT2D eigenvalue weighted by Crippen LogP contribution is 2.30. The van der Waals surface area contributed by atoms with E-state index in [0.29, 0.717) is 27.9 Å². The zero-order valence-electron chi connectivity index (χ0n) is 21.5. The third kappa shape index (κ3) is 7.52. The average molecular weight is 540 g/mol. The van der Waals surface area contributed by atoms with Crippen LogP contribution in [0.3, 0.4) is 0 Å². The molecule has 0 aliphatic heterocycles. The number of nitrogens with zero attached hydrogens (tertiary/aromatic N) is 2. The summed E-state index contributed by atoms with van der Waals surface area (Å²) in [6, 6.07) is 8.56. The molecule has 2 amide bonds. The number of pyridine rings is 2. The Balaban J connectivity index is 1.44. The zero-order chi connectivity index (χ0) is 26.4. The van der Waals surface area contributed by atoms with Crippen LogP contribution < -0.4 is 16.0 Å². The van der Waals surface area contributed by atoms with Gasteiger partial charge >= 0.3 is 0 Å². The molecule has 0 radical (unpaired) electrons. The second-order valence-electron chi connectivity index (χ2n) is 9.80. The van der Waals surface area contributed by atoms with E-state index in [1.807, 2.05) is 45.0 Å². The third-order valence-electron chi connectivity index (χ3n) is 6.78. The molecule has 0 spiro atoms. The summed E-state index contributed by atoms with van der Waals surface area (Å²) in [6.07, 6.45) is 9.72. The highest BCUT2D eigenvalue weighted by molar-refractivity contribution is 7.14. The molecule has 37 heavy (non-hydrogen) atoms. The standard InChI is InChI=1S/C28H34ClN5O2S/c1-17-13-22(11-12-30-17)33-27(35)24(14-20-7-5-4-6-8-20)34-28(36)26-10-9-25(37-26)19(3)32-23-15-21(29)16-31-18(23)2/h9-13,15-16,19-20,24,32H,4-8,14H2,1-3H3,(H,34,36)(H,30,33,35). The fourth-order valence-corrected chi connectivity index (χ4v) is 5.81. The molecule has 2 atom stereocenters. The number of carbonyl (C=O) groups is 2. The Labute approximate surface area is 227 Å². The van der Waals surface area contributed by atoms with Crippen molar-refractivity contribution >= 4 is 46.1 Å². The van der Waals surface area contributed by atoms with E-state index in [1.54, 1.807) is 18.5 Å². The van der Waals surface area contributed by atoms with E-state index in [1.165, 1.54) is 30.6 Å². The molecule has 1 saturated carbocycles. The third-order valence-corrected chi connectivity index (χ3v) is 8.26. The Morgan fingerprint density at radius 2 is 1.89 bits per heavy atom. The number of nitrogens with one attached hydrogen (secondary N) is 3. The van der Waals surface area contributed by atoms with E-state index in [0.717, 1.165) is 34.8 Å². The predicted molar refractivity (Wildman–Crippen MR) is 150 cm³/mol. The summed E-state index contributed by atoms with van der Waals surface area (Å²) >= 11 is 7.52. The molecule has 4 rings (SSSR count). The second-order valence-corrected chi connectivity index (χ2v) is 11.3. The summed E-state index contributed by atoms with van der Waals surface area (Å²) in [6.45, 7) is 5.83. The van der Waals surface area contributed by atoms with Crippen LogP contribution in [0.25, 0.3) is 0 Å². The van der Waals surface area contributed by atoms with Gasteiger partial charge in [0.1, 0.15) is 6.04 Å². The minimum atomic E-state index is -0.606. The number of carbonyl (C=O) groups excluding carboxylic acids is 2. The van der Waals surface area contributed by atoms with E-state index in [4.69, 9.17) is 11.6 Å². The molecule has 9 heteroatoms. The van der Waals surface area contributed by atoms with Gasteiger partial charge in [0.05, 0.1) is 27.3 Å². The van der Waals surface area contributed by atoms with Gasteiger partial charge in [-0.2, -0.15) is 0 Å². The van der Waals surface area contributed by atoms with Crippen LogP contribution in [0.5, 0.6) is 0 Å². The molecule has 2 unspecified atom stereocenters. The molecule has 1 aliphatic carbocycles. The summed E-state index contributed by atoms with van der Waals surface area (Å²) in [5.74, 6) is 0.00725. The fourth-order valence-electron chi connectivity index (χ4n) is 4.74. The van der Waals surface area contributed by atoms with Crippen LogP contribution in [0.4, 0.5) is 11.4 Å². The molecular formula is C28H34ClN5O2S. The molecule has 1 fully saturated rings. The van der Waals surface area contributed by atoms with Gasteiger partial charge in [-0.25, -0.2) is 0 Å². The number of anilines is 2. The number of hydrogen-bond acceptors (Lipinski definition) is 6. The lowest BCUT2D eigenvalue weighted by molar-refractivity contribution is -0.118. The summed E-state index contributed by atoms with van der Waals surface area (Å²) in [4.78, 5) is 36.6. The molecule has 3 N–H and O–H groups in total. The first-order chi connectivity index (χ1) is 17.8. The van der Waals surface area contributed by atoms with E-state index >= 15 is 0 Å². The van der Waals surface area contributed by atoms with Crippen molar-refractivity contribution in [3.63, 3.8) is 0 Å². The maximum Gasteiger partial charge on any atom is 0.262 e. The lowest BCUT2D eigenvalue weighted by atomic mass is 9.84. The molecular weight excluding hydrogens is 506 g/mol. The van der Waals surface area contributed by atoms with Gasteiger partial charge in [-0.15, -0.1) is 11.3 Å². The minimum absolute atomic E-state index is 0.0400. The largest absolute Gasteiger partial charge is 0.376 e. The Bertz CT molecular complexity index is 1240. The summed E-state index contributed by atoms with van der Waals surface area (Å²) in [7, 11) is 0. The van der Waals surface area contributed by atoms with Crippen LogP contribution in [0.2, 0.25) is 5.02 Å². The molecule has 0 aromatic carbocycles. The zero-order valence-corrected chi connectivity index (χ0v) is 23.1. The Kier molecular flexibility index (Phi) is 9.16. The topological polar surface area (TPSA) is 96.0 Å². The van der Waals surface area contributed by atoms with E-state index < -0.39 is 6.04 Å². The van der Waals surface area contributed by atoms with Crippen molar-refractivity contribution < 1.29 is 9.59 Å². The van der Waals surface area contributed by atoms with Gasteiger partial charge in [-0.05, 0) is 63.4 Å². The maximum absolute atomic E-state index is 13.3. The maximum atomic E-state index is 13.3. The number of rotatable bonds is 9. The van der Waals surface area contributed by atoms with Gasteiger partial charge in [-0.3, -0.25) is 19.6 Å². The van der Waals surface area contributed by atoms with Crippen LogP contribution >= 0.6 is 22.9 Å². The van der Waals surface area contributed by atoms with Crippen molar-refractivity contribution in [1.82, 2.24) is 15.3 Å². The highest BCUT2D eigenvalue weighted by Gasteiger charge is 2.27. The Hall–Kier alpha value is -2.97. The number of thiophene rings is 1. The van der Waals surface area contributed by atoms with E-state index in [-0.39, 0.29) is 17.9 Å². The minimum Gasteiger partial charge on any atom is -0.376 e. The van der Waals surface area contributed by atoms with Crippen LogP contribution in [-0.4, -0.2) is 27.8 Å². The highest BCUT2D eigenvalue weighted by atomic mass is 35.5. The first-order valence-electron chi connectivity index (χ1n) is 12.8. The fraction of sp³-hybridized carbons (Fsp3) is 0.429. The molecule has 0 saturated heterocycles. The SMILES string of the molecule is Cc1cc(NC(=O)C(CC2CCCCC2)NC(=O)c2ccc(C(C)Nc3cc(Cl)cnc3C)s2)ccn1. The Morgan fingerprint density at radius 1 is 1.11 bits per heavy atom. The van der Waals surface area contributed by atoms with Gasteiger partial charge in [0, 0.05) is 28.7 Å². The molecule has 7 nitrogen and oxygen atoms in total. The molecule has 1 aliphatic rings. The Morgan fingerprint density at radius 3 is 2.65 bits per heavy atom. The molecule has 3 aromatic heterocycles. The molecule has 3 aromatic rings. The molecule has 196 valence electrons. The molecule has 3 heterocycles. The van der Waals surface area contributed by atoms with Crippen molar-refractivity contribution in [2.75, 3.05) is 10.6 Å². The number of aryl methyl sites for hydroxylation is 2. The first-order valence-corrected chi connectivity index (χ1v) is 14.0. The summed E-state index contributed by atoms with van der Waals surface area (Å²) < 4.78 is 0. The normalized spacial score (nSPS) is 15.6.